The number of carboxylic acid groups (broad SMARTS) is 4. The summed E-state index contributed by atoms with van der Waals surface area (Å²) in [5, 5.41) is 58.2. The standard InChI is InChI=1S/C22H17NO11/c24-13-6-4-10(8-14(13)25)5-7-15(26)22(20(31)32)9-23(21(33)34)12-3-1-2-11(18(27)28)16(12)17(22)19(29)30/h1-8,17,24-25H,9H2,(H,27,28)(H,29,30)(H,31,32)(H,33,34). The highest BCUT2D eigenvalue weighted by molar-refractivity contribution is 6.17. The molecule has 3 rings (SSSR count). The summed E-state index contributed by atoms with van der Waals surface area (Å²) in [5.41, 5.74) is -4.45. The van der Waals surface area contributed by atoms with Crippen molar-refractivity contribution in [2.45, 2.75) is 5.92 Å². The van der Waals surface area contributed by atoms with Gasteiger partial charge in [0.1, 0.15) is 5.92 Å². The Morgan fingerprint density at radius 3 is 2.15 bits per heavy atom. The number of ketones is 1. The fourth-order valence-corrected chi connectivity index (χ4v) is 3.94. The lowest BCUT2D eigenvalue weighted by molar-refractivity contribution is -0.161. The van der Waals surface area contributed by atoms with Crippen molar-refractivity contribution in [3.63, 3.8) is 0 Å². The topological polar surface area (TPSA) is 210 Å². The summed E-state index contributed by atoms with van der Waals surface area (Å²) in [5.74, 6) is -10.0. The Bertz CT molecular complexity index is 1270. The second-order valence-corrected chi connectivity index (χ2v) is 7.41. The first kappa shape index (κ1) is 23.8. The first-order valence-corrected chi connectivity index (χ1v) is 9.49. The van der Waals surface area contributed by atoms with E-state index < -0.39 is 70.3 Å². The zero-order chi connectivity index (χ0) is 25.4. The Hall–Kier alpha value is -4.87. The molecule has 0 saturated heterocycles. The first-order chi connectivity index (χ1) is 15.9. The number of phenolic OH excluding ortho intramolecular Hbond substituents is 2. The number of carboxylic acids is 3. The SMILES string of the molecule is O=C(O)c1cccc2c1C(C(=O)O)C(C(=O)O)(C(=O)C=Cc1ccc(O)c(O)c1)CN2C(=O)O. The third kappa shape index (κ3) is 3.77. The van der Waals surface area contributed by atoms with E-state index in [4.69, 9.17) is 0 Å². The highest BCUT2D eigenvalue weighted by Gasteiger charge is 2.61. The molecule has 2 aromatic rings. The van der Waals surface area contributed by atoms with Gasteiger partial charge < -0.3 is 30.6 Å². The Balaban J connectivity index is 2.27. The minimum Gasteiger partial charge on any atom is -0.504 e. The Labute approximate surface area is 190 Å². The van der Waals surface area contributed by atoms with Crippen LogP contribution in [-0.4, -0.2) is 67.0 Å². The van der Waals surface area contributed by atoms with Crippen molar-refractivity contribution in [3.05, 3.63) is 59.2 Å². The number of aliphatic carboxylic acids is 2. The van der Waals surface area contributed by atoms with E-state index in [0.717, 1.165) is 30.3 Å². The van der Waals surface area contributed by atoms with Crippen LogP contribution < -0.4 is 4.90 Å². The second kappa shape index (κ2) is 8.58. The van der Waals surface area contributed by atoms with E-state index in [-0.39, 0.29) is 11.3 Å². The molecular weight excluding hydrogens is 454 g/mol. The van der Waals surface area contributed by atoms with E-state index >= 15 is 0 Å². The lowest BCUT2D eigenvalue weighted by Gasteiger charge is -2.42. The van der Waals surface area contributed by atoms with Crippen LogP contribution in [0, 0.1) is 5.41 Å². The van der Waals surface area contributed by atoms with Crippen molar-refractivity contribution in [1.29, 1.82) is 0 Å². The van der Waals surface area contributed by atoms with E-state index in [1.165, 1.54) is 12.1 Å². The molecule has 1 heterocycles. The van der Waals surface area contributed by atoms with Gasteiger partial charge in [0.15, 0.2) is 22.7 Å². The predicted octanol–water partition coefficient (Wildman–Crippen LogP) is 1.82. The number of phenols is 2. The maximum Gasteiger partial charge on any atom is 0.411 e. The van der Waals surface area contributed by atoms with Gasteiger partial charge in [-0.25, -0.2) is 9.59 Å². The number of hydrogen-bond acceptors (Lipinski definition) is 7. The van der Waals surface area contributed by atoms with Gasteiger partial charge in [0.2, 0.25) is 0 Å². The Morgan fingerprint density at radius 1 is 0.941 bits per heavy atom. The highest BCUT2D eigenvalue weighted by Crippen LogP contribution is 2.49. The first-order valence-electron chi connectivity index (χ1n) is 9.49. The van der Waals surface area contributed by atoms with Crippen LogP contribution in [0.3, 0.4) is 0 Å². The molecule has 34 heavy (non-hydrogen) atoms. The van der Waals surface area contributed by atoms with Gasteiger partial charge >= 0.3 is 24.0 Å². The number of carbonyl (C=O) groups excluding carboxylic acids is 1. The number of benzene rings is 2. The second-order valence-electron chi connectivity index (χ2n) is 7.41. The molecule has 1 aliphatic heterocycles. The van der Waals surface area contributed by atoms with Gasteiger partial charge in [-0.05, 0) is 35.9 Å². The van der Waals surface area contributed by atoms with Crippen LogP contribution in [0.4, 0.5) is 10.5 Å². The van der Waals surface area contributed by atoms with Crippen LogP contribution in [0.15, 0.2) is 42.5 Å². The number of anilines is 1. The van der Waals surface area contributed by atoms with E-state index in [0.29, 0.717) is 11.0 Å². The monoisotopic (exact) mass is 471 g/mol. The number of aromatic hydroxyl groups is 2. The third-order valence-electron chi connectivity index (χ3n) is 5.52. The normalized spacial score (nSPS) is 19.4. The van der Waals surface area contributed by atoms with Crippen molar-refractivity contribution in [2.75, 3.05) is 11.4 Å². The lowest BCUT2D eigenvalue weighted by Crippen LogP contribution is -2.58. The summed E-state index contributed by atoms with van der Waals surface area (Å²) in [4.78, 5) is 62.1. The van der Waals surface area contributed by atoms with E-state index in [9.17, 15) is 54.6 Å². The van der Waals surface area contributed by atoms with Gasteiger partial charge in [0.05, 0.1) is 17.8 Å². The highest BCUT2D eigenvalue weighted by atomic mass is 16.4. The average molecular weight is 471 g/mol. The van der Waals surface area contributed by atoms with E-state index in [2.05, 4.69) is 0 Å². The molecule has 0 spiro atoms. The molecule has 2 unspecified atom stereocenters. The van der Waals surface area contributed by atoms with Gasteiger partial charge in [0.25, 0.3) is 0 Å². The summed E-state index contributed by atoms with van der Waals surface area (Å²) in [6, 6.07) is 6.68. The number of carbonyl (C=O) groups is 5. The summed E-state index contributed by atoms with van der Waals surface area (Å²) in [6.45, 7) is -1.10. The van der Waals surface area contributed by atoms with Crippen LogP contribution in [-0.2, 0) is 14.4 Å². The molecule has 0 aliphatic carbocycles. The van der Waals surface area contributed by atoms with Crippen LogP contribution in [0.25, 0.3) is 6.08 Å². The maximum absolute atomic E-state index is 13.3. The van der Waals surface area contributed by atoms with Crippen molar-refractivity contribution >= 4 is 41.5 Å². The van der Waals surface area contributed by atoms with Crippen molar-refractivity contribution < 1.29 is 54.6 Å². The quantitative estimate of drug-likeness (QED) is 0.203. The Kier molecular flexibility index (Phi) is 6.00. The molecule has 2 atom stereocenters. The number of hydrogen-bond donors (Lipinski definition) is 6. The molecule has 2 aromatic carbocycles. The molecule has 12 heteroatoms. The summed E-state index contributed by atoms with van der Waals surface area (Å²) in [7, 11) is 0. The minimum absolute atomic E-state index is 0.133. The lowest BCUT2D eigenvalue weighted by atomic mass is 9.64. The molecule has 12 nitrogen and oxygen atoms in total. The minimum atomic E-state index is -2.92. The molecule has 6 N–H and O–H groups in total. The molecule has 0 fully saturated rings. The summed E-state index contributed by atoms with van der Waals surface area (Å²) < 4.78 is 0. The zero-order valence-corrected chi connectivity index (χ0v) is 17.1. The number of aromatic carboxylic acids is 1. The van der Waals surface area contributed by atoms with Crippen molar-refractivity contribution in [1.82, 2.24) is 0 Å². The Morgan fingerprint density at radius 2 is 1.62 bits per heavy atom. The van der Waals surface area contributed by atoms with Gasteiger partial charge in [-0.3, -0.25) is 19.3 Å². The molecule has 0 aromatic heterocycles. The maximum atomic E-state index is 13.3. The zero-order valence-electron chi connectivity index (χ0n) is 17.1. The smallest absolute Gasteiger partial charge is 0.411 e. The summed E-state index contributed by atoms with van der Waals surface area (Å²) >= 11 is 0. The third-order valence-corrected chi connectivity index (χ3v) is 5.52. The molecule has 1 aliphatic rings. The van der Waals surface area contributed by atoms with E-state index in [1.807, 2.05) is 0 Å². The van der Waals surface area contributed by atoms with Crippen LogP contribution in [0.2, 0.25) is 0 Å². The number of nitrogens with zero attached hydrogens (tertiary/aromatic N) is 1. The van der Waals surface area contributed by atoms with Crippen molar-refractivity contribution in [3.8, 4) is 11.5 Å². The molecule has 0 radical (unpaired) electrons. The number of amides is 1. The molecular formula is C22H17NO11. The number of allylic oxidation sites excluding steroid dienone is 1. The fourth-order valence-electron chi connectivity index (χ4n) is 3.94. The van der Waals surface area contributed by atoms with Gasteiger partial charge in [-0.2, -0.15) is 0 Å². The van der Waals surface area contributed by atoms with Crippen LogP contribution in [0.5, 0.6) is 11.5 Å². The molecule has 176 valence electrons. The number of fused-ring (bicyclic) bond motifs is 1. The predicted molar refractivity (Wildman–Crippen MR) is 113 cm³/mol. The van der Waals surface area contributed by atoms with Crippen molar-refractivity contribution in [2.24, 2.45) is 5.41 Å². The molecule has 0 saturated carbocycles. The van der Waals surface area contributed by atoms with Gasteiger partial charge in [-0.1, -0.05) is 18.2 Å². The van der Waals surface area contributed by atoms with Crippen LogP contribution >= 0.6 is 0 Å². The molecule has 1 amide bonds. The fraction of sp³-hybridized carbons (Fsp3) is 0.136. The average Bonchev–Trinajstić information content (AvgIpc) is 2.77. The van der Waals surface area contributed by atoms with E-state index in [1.54, 1.807) is 0 Å². The van der Waals surface area contributed by atoms with Gasteiger partial charge in [-0.15, -0.1) is 0 Å². The summed E-state index contributed by atoms with van der Waals surface area (Å²) in [6.07, 6.45) is 0.0116. The van der Waals surface area contributed by atoms with Crippen LogP contribution in [0.1, 0.15) is 27.4 Å². The largest absolute Gasteiger partial charge is 0.504 e. The molecule has 0 bridgehead atoms. The number of rotatable bonds is 6. The van der Waals surface area contributed by atoms with Gasteiger partial charge in [0, 0.05) is 5.56 Å².